The van der Waals surface area contributed by atoms with Crippen molar-refractivity contribution in [1.82, 2.24) is 15.2 Å². The van der Waals surface area contributed by atoms with Crippen molar-refractivity contribution in [3.8, 4) is 0 Å². The molecule has 132 valence electrons. The molecule has 0 unspecified atom stereocenters. The zero-order chi connectivity index (χ0) is 17.6. The number of aromatic nitrogens is 3. The van der Waals surface area contributed by atoms with Crippen LogP contribution in [-0.4, -0.2) is 27.6 Å². The normalized spacial score (nSPS) is 10.8. The summed E-state index contributed by atoms with van der Waals surface area (Å²) in [5.41, 5.74) is 0.935. The summed E-state index contributed by atoms with van der Waals surface area (Å²) in [6, 6.07) is 3.76. The van der Waals surface area contributed by atoms with Crippen molar-refractivity contribution in [3.63, 3.8) is 0 Å². The maximum atomic E-state index is 11.6. The summed E-state index contributed by atoms with van der Waals surface area (Å²) < 4.78 is 6.14. The molecule has 3 aromatic rings. The number of furan rings is 1. The van der Waals surface area contributed by atoms with Gasteiger partial charge in [-0.05, 0) is 19.1 Å². The van der Waals surface area contributed by atoms with Crippen LogP contribution in [-0.2, 0) is 17.1 Å². The molecule has 3 rings (SSSR count). The molecule has 0 radical (unpaired) electrons. The van der Waals surface area contributed by atoms with Crippen LogP contribution in [0.3, 0.4) is 0 Å². The van der Waals surface area contributed by atoms with Gasteiger partial charge in [0.25, 0.3) is 0 Å². The second-order valence-electron chi connectivity index (χ2n) is 4.98. The average molecular weight is 396 g/mol. The van der Waals surface area contributed by atoms with Crippen molar-refractivity contribution in [2.24, 2.45) is 0 Å². The SMILES string of the molecule is CCN(C(C)=O)c1nc(CSc2nnc(NCc3ccco3)s2)cs1. The summed E-state index contributed by atoms with van der Waals surface area (Å²) in [7, 11) is 0. The van der Waals surface area contributed by atoms with Gasteiger partial charge in [0.2, 0.25) is 11.0 Å². The molecule has 25 heavy (non-hydrogen) atoms. The van der Waals surface area contributed by atoms with Gasteiger partial charge in [-0.15, -0.1) is 21.5 Å². The number of nitrogens with one attached hydrogen (secondary N) is 1. The molecule has 0 spiro atoms. The van der Waals surface area contributed by atoms with Crippen molar-refractivity contribution >= 4 is 50.6 Å². The number of carbonyl (C=O) groups excluding carboxylic acids is 1. The lowest BCUT2D eigenvalue weighted by Gasteiger charge is -2.14. The zero-order valence-electron chi connectivity index (χ0n) is 13.8. The van der Waals surface area contributed by atoms with Crippen molar-refractivity contribution in [3.05, 3.63) is 35.2 Å². The third-order valence-electron chi connectivity index (χ3n) is 3.21. The van der Waals surface area contributed by atoms with Crippen molar-refractivity contribution < 1.29 is 9.21 Å². The van der Waals surface area contributed by atoms with Crippen molar-refractivity contribution in [1.29, 1.82) is 0 Å². The van der Waals surface area contributed by atoms with E-state index in [1.165, 1.54) is 22.7 Å². The number of carbonyl (C=O) groups is 1. The van der Waals surface area contributed by atoms with Gasteiger partial charge in [-0.3, -0.25) is 9.69 Å². The molecule has 3 aromatic heterocycles. The lowest BCUT2D eigenvalue weighted by Crippen LogP contribution is -2.27. The van der Waals surface area contributed by atoms with E-state index in [4.69, 9.17) is 4.42 Å². The molecular weight excluding hydrogens is 378 g/mol. The van der Waals surface area contributed by atoms with E-state index in [1.54, 1.807) is 29.8 Å². The smallest absolute Gasteiger partial charge is 0.225 e. The largest absolute Gasteiger partial charge is 0.467 e. The van der Waals surface area contributed by atoms with Crippen LogP contribution in [0.2, 0.25) is 0 Å². The van der Waals surface area contributed by atoms with E-state index < -0.39 is 0 Å². The van der Waals surface area contributed by atoms with Gasteiger partial charge in [-0.25, -0.2) is 4.98 Å². The van der Waals surface area contributed by atoms with Crippen LogP contribution in [0.25, 0.3) is 0 Å². The molecule has 3 heterocycles. The maximum Gasteiger partial charge on any atom is 0.225 e. The number of hydrogen-bond donors (Lipinski definition) is 1. The Balaban J connectivity index is 1.52. The number of hydrogen-bond acceptors (Lipinski definition) is 9. The van der Waals surface area contributed by atoms with Gasteiger partial charge in [-0.2, -0.15) is 0 Å². The molecule has 1 N–H and O–H groups in total. The van der Waals surface area contributed by atoms with E-state index in [0.717, 1.165) is 26.1 Å². The Kier molecular flexibility index (Phi) is 6.05. The number of nitrogens with zero attached hydrogens (tertiary/aromatic N) is 4. The molecule has 10 heteroatoms. The minimum absolute atomic E-state index is 0.00690. The van der Waals surface area contributed by atoms with E-state index in [9.17, 15) is 4.79 Å². The lowest BCUT2D eigenvalue weighted by molar-refractivity contribution is -0.116. The molecule has 0 bridgehead atoms. The van der Waals surface area contributed by atoms with Crippen LogP contribution in [0, 0.1) is 0 Å². The van der Waals surface area contributed by atoms with Crippen LogP contribution in [0.15, 0.2) is 32.5 Å². The standard InChI is InChI=1S/C15H17N5O2S3/c1-3-20(10(2)21)14-17-11(8-23-14)9-24-15-19-18-13(25-15)16-7-12-5-4-6-22-12/h4-6,8H,3,7,9H2,1-2H3,(H,16,18). The Morgan fingerprint density at radius 3 is 3.04 bits per heavy atom. The Labute approximate surface area is 157 Å². The van der Waals surface area contributed by atoms with E-state index in [0.29, 0.717) is 18.8 Å². The number of thioether (sulfide) groups is 1. The van der Waals surface area contributed by atoms with Gasteiger partial charge in [-0.1, -0.05) is 23.1 Å². The Morgan fingerprint density at radius 2 is 2.32 bits per heavy atom. The quantitative estimate of drug-likeness (QED) is 0.580. The monoisotopic (exact) mass is 395 g/mol. The third-order valence-corrected chi connectivity index (χ3v) is 6.17. The second kappa shape index (κ2) is 8.45. The highest BCUT2D eigenvalue weighted by Gasteiger charge is 2.14. The summed E-state index contributed by atoms with van der Waals surface area (Å²) in [6.07, 6.45) is 1.65. The molecule has 7 nitrogen and oxygen atoms in total. The summed E-state index contributed by atoms with van der Waals surface area (Å²) in [5, 5.41) is 14.9. The van der Waals surface area contributed by atoms with Crippen LogP contribution >= 0.6 is 34.4 Å². The predicted molar refractivity (Wildman–Crippen MR) is 101 cm³/mol. The fourth-order valence-electron chi connectivity index (χ4n) is 2.03. The minimum Gasteiger partial charge on any atom is -0.467 e. The summed E-state index contributed by atoms with van der Waals surface area (Å²) in [5.74, 6) is 1.55. The van der Waals surface area contributed by atoms with Crippen LogP contribution in [0.1, 0.15) is 25.3 Å². The molecular formula is C15H17N5O2S3. The van der Waals surface area contributed by atoms with Gasteiger partial charge >= 0.3 is 0 Å². The van der Waals surface area contributed by atoms with E-state index in [1.807, 2.05) is 24.4 Å². The first-order valence-corrected chi connectivity index (χ1v) is 10.3. The van der Waals surface area contributed by atoms with Gasteiger partial charge in [0.1, 0.15) is 5.76 Å². The van der Waals surface area contributed by atoms with Crippen LogP contribution < -0.4 is 10.2 Å². The Hall–Kier alpha value is -1.91. The fourth-order valence-corrected chi connectivity index (χ4v) is 4.71. The van der Waals surface area contributed by atoms with Gasteiger partial charge < -0.3 is 9.73 Å². The van der Waals surface area contributed by atoms with E-state index in [2.05, 4.69) is 20.5 Å². The molecule has 0 atom stereocenters. The fraction of sp³-hybridized carbons (Fsp3) is 0.333. The van der Waals surface area contributed by atoms with Gasteiger partial charge in [0.05, 0.1) is 18.5 Å². The molecule has 0 saturated heterocycles. The highest BCUT2D eigenvalue weighted by Crippen LogP contribution is 2.30. The highest BCUT2D eigenvalue weighted by molar-refractivity contribution is 8.00. The lowest BCUT2D eigenvalue weighted by atomic mass is 10.4. The first-order valence-electron chi connectivity index (χ1n) is 7.60. The predicted octanol–water partition coefficient (Wildman–Crippen LogP) is 3.86. The number of rotatable bonds is 8. The number of amides is 1. The van der Waals surface area contributed by atoms with E-state index >= 15 is 0 Å². The summed E-state index contributed by atoms with van der Waals surface area (Å²) >= 11 is 4.56. The van der Waals surface area contributed by atoms with Gasteiger partial charge in [0, 0.05) is 24.6 Å². The summed E-state index contributed by atoms with van der Waals surface area (Å²) in [6.45, 7) is 4.70. The molecule has 0 aliphatic carbocycles. The first-order chi connectivity index (χ1) is 12.2. The maximum absolute atomic E-state index is 11.6. The first kappa shape index (κ1) is 17.9. The molecule has 0 aromatic carbocycles. The highest BCUT2D eigenvalue weighted by atomic mass is 32.2. The van der Waals surface area contributed by atoms with Crippen LogP contribution in [0.5, 0.6) is 0 Å². The molecule has 0 aliphatic heterocycles. The minimum atomic E-state index is 0.00690. The molecule has 0 fully saturated rings. The van der Waals surface area contributed by atoms with Crippen LogP contribution in [0.4, 0.5) is 10.3 Å². The Bertz CT molecular complexity index is 815. The van der Waals surface area contributed by atoms with Gasteiger partial charge in [0.15, 0.2) is 9.47 Å². The number of thiazole rings is 1. The summed E-state index contributed by atoms with van der Waals surface area (Å²) in [4.78, 5) is 17.8. The molecule has 1 amide bonds. The molecule has 0 aliphatic rings. The van der Waals surface area contributed by atoms with Crippen molar-refractivity contribution in [2.75, 3.05) is 16.8 Å². The van der Waals surface area contributed by atoms with Crippen molar-refractivity contribution in [2.45, 2.75) is 30.5 Å². The Morgan fingerprint density at radius 1 is 1.44 bits per heavy atom. The topological polar surface area (TPSA) is 84.2 Å². The third kappa shape index (κ3) is 4.80. The second-order valence-corrected chi connectivity index (χ2v) is 8.02. The number of anilines is 2. The average Bonchev–Trinajstić information content (AvgIpc) is 3.33. The van der Waals surface area contributed by atoms with E-state index in [-0.39, 0.29) is 5.91 Å². The molecule has 0 saturated carbocycles. The zero-order valence-corrected chi connectivity index (χ0v) is 16.2.